The zero-order chi connectivity index (χ0) is 24.6. The van der Waals surface area contributed by atoms with E-state index in [2.05, 4.69) is 20.7 Å². The summed E-state index contributed by atoms with van der Waals surface area (Å²) in [5.41, 5.74) is 4.62. The van der Waals surface area contributed by atoms with Gasteiger partial charge in [0.15, 0.2) is 22.5 Å². The van der Waals surface area contributed by atoms with Crippen molar-refractivity contribution in [2.24, 2.45) is 5.10 Å². The highest BCUT2D eigenvalue weighted by molar-refractivity contribution is 7.99. The molecule has 1 aromatic heterocycles. The Morgan fingerprint density at radius 2 is 1.80 bits per heavy atom. The van der Waals surface area contributed by atoms with Crippen molar-refractivity contribution in [1.29, 1.82) is 0 Å². The van der Waals surface area contributed by atoms with Gasteiger partial charge in [0.2, 0.25) is 0 Å². The largest absolute Gasteiger partial charge is 0.504 e. The Balaban J connectivity index is 1.50. The topological polar surface area (TPSA) is 111 Å². The van der Waals surface area contributed by atoms with Crippen molar-refractivity contribution in [2.75, 3.05) is 20.0 Å². The SMILES string of the molecule is COc1ccc(-n2c(SCC(=O)N/N=C/c3cccc(OC)c3O)nnc2-c2ccccc2)cc1. The number of para-hydroxylation sites is 1. The number of benzene rings is 3. The van der Waals surface area contributed by atoms with Gasteiger partial charge < -0.3 is 14.6 Å². The molecule has 2 N–H and O–H groups in total. The number of hydrazone groups is 1. The number of amides is 1. The third-order valence-electron chi connectivity index (χ3n) is 4.97. The van der Waals surface area contributed by atoms with Gasteiger partial charge in [0, 0.05) is 16.8 Å². The summed E-state index contributed by atoms with van der Waals surface area (Å²) in [4.78, 5) is 12.4. The van der Waals surface area contributed by atoms with E-state index in [-0.39, 0.29) is 17.4 Å². The number of hydrogen-bond acceptors (Lipinski definition) is 8. The van der Waals surface area contributed by atoms with Crippen molar-refractivity contribution < 1.29 is 19.4 Å². The Hall–Kier alpha value is -4.31. The van der Waals surface area contributed by atoms with Crippen LogP contribution in [0.3, 0.4) is 0 Å². The molecule has 4 aromatic rings. The molecule has 10 heteroatoms. The molecule has 0 fully saturated rings. The first-order chi connectivity index (χ1) is 17.1. The predicted molar refractivity (Wildman–Crippen MR) is 134 cm³/mol. The van der Waals surface area contributed by atoms with E-state index in [9.17, 15) is 9.90 Å². The molecule has 0 radical (unpaired) electrons. The summed E-state index contributed by atoms with van der Waals surface area (Å²) in [5, 5.41) is 23.3. The quantitative estimate of drug-likeness (QED) is 0.208. The van der Waals surface area contributed by atoms with Gasteiger partial charge in [-0.1, -0.05) is 48.2 Å². The third kappa shape index (κ3) is 5.61. The molecule has 0 saturated heterocycles. The van der Waals surface area contributed by atoms with Crippen molar-refractivity contribution in [3.05, 3.63) is 78.4 Å². The van der Waals surface area contributed by atoms with Gasteiger partial charge in [-0.3, -0.25) is 9.36 Å². The number of carbonyl (C=O) groups excluding carboxylic acids is 1. The molecule has 35 heavy (non-hydrogen) atoms. The van der Waals surface area contributed by atoms with E-state index >= 15 is 0 Å². The summed E-state index contributed by atoms with van der Waals surface area (Å²) < 4.78 is 12.2. The Morgan fingerprint density at radius 1 is 1.03 bits per heavy atom. The van der Waals surface area contributed by atoms with Crippen LogP contribution >= 0.6 is 11.8 Å². The number of aromatic hydroxyl groups is 1. The van der Waals surface area contributed by atoms with Gasteiger partial charge in [-0.2, -0.15) is 5.10 Å². The summed E-state index contributed by atoms with van der Waals surface area (Å²) >= 11 is 1.23. The van der Waals surface area contributed by atoms with Crippen LogP contribution in [0, 0.1) is 0 Å². The fourth-order valence-corrected chi connectivity index (χ4v) is 3.99. The maximum Gasteiger partial charge on any atom is 0.250 e. The van der Waals surface area contributed by atoms with Crippen LogP contribution in [0.1, 0.15) is 5.56 Å². The van der Waals surface area contributed by atoms with Gasteiger partial charge >= 0.3 is 0 Å². The normalized spacial score (nSPS) is 10.9. The number of aromatic nitrogens is 3. The maximum atomic E-state index is 12.4. The molecule has 178 valence electrons. The van der Waals surface area contributed by atoms with Crippen LogP contribution < -0.4 is 14.9 Å². The maximum absolute atomic E-state index is 12.4. The van der Waals surface area contributed by atoms with Crippen LogP contribution in [-0.2, 0) is 4.79 Å². The second-order valence-corrected chi connectivity index (χ2v) is 8.13. The number of phenolic OH excluding ortho intramolecular Hbond substituents is 1. The minimum atomic E-state index is -0.334. The molecule has 0 unspecified atom stereocenters. The number of hydrogen-bond donors (Lipinski definition) is 2. The molecule has 0 aliphatic carbocycles. The van der Waals surface area contributed by atoms with E-state index in [1.165, 1.54) is 25.1 Å². The lowest BCUT2D eigenvalue weighted by molar-refractivity contribution is -0.118. The highest BCUT2D eigenvalue weighted by Gasteiger charge is 2.17. The number of methoxy groups -OCH3 is 2. The number of ether oxygens (including phenoxy) is 2. The first-order valence-electron chi connectivity index (χ1n) is 10.6. The first-order valence-corrected chi connectivity index (χ1v) is 11.5. The minimum absolute atomic E-state index is 0.0524. The van der Waals surface area contributed by atoms with Gasteiger partial charge in [0.1, 0.15) is 5.75 Å². The van der Waals surface area contributed by atoms with Crippen molar-refractivity contribution in [3.63, 3.8) is 0 Å². The number of thioether (sulfide) groups is 1. The summed E-state index contributed by atoms with van der Waals surface area (Å²) in [6, 6.07) is 22.2. The molecule has 0 bridgehead atoms. The molecule has 1 heterocycles. The van der Waals surface area contributed by atoms with Crippen molar-refractivity contribution in [3.8, 4) is 34.3 Å². The van der Waals surface area contributed by atoms with Crippen molar-refractivity contribution in [1.82, 2.24) is 20.2 Å². The van der Waals surface area contributed by atoms with Gasteiger partial charge in [-0.05, 0) is 36.4 Å². The predicted octanol–water partition coefficient (Wildman–Crippen LogP) is 3.90. The Kier molecular flexibility index (Phi) is 7.63. The third-order valence-corrected chi connectivity index (χ3v) is 5.90. The molecule has 4 rings (SSSR count). The summed E-state index contributed by atoms with van der Waals surface area (Å²) in [6.07, 6.45) is 1.35. The fraction of sp³-hybridized carbons (Fsp3) is 0.120. The van der Waals surface area contributed by atoms with Crippen LogP contribution in [0.5, 0.6) is 17.2 Å². The minimum Gasteiger partial charge on any atom is -0.504 e. The highest BCUT2D eigenvalue weighted by atomic mass is 32.2. The van der Waals surface area contributed by atoms with Crippen molar-refractivity contribution >= 4 is 23.9 Å². The van der Waals surface area contributed by atoms with E-state index < -0.39 is 0 Å². The number of nitrogens with one attached hydrogen (secondary N) is 1. The average Bonchev–Trinajstić information content (AvgIpc) is 3.33. The van der Waals surface area contributed by atoms with Gasteiger partial charge in [0.25, 0.3) is 5.91 Å². The summed E-state index contributed by atoms with van der Waals surface area (Å²) in [5.74, 6) is 1.39. The molecule has 1 amide bonds. The molecule has 0 saturated carbocycles. The molecular formula is C25H23N5O4S. The standard InChI is InChI=1S/C25H23N5O4S/c1-33-20-13-11-19(12-14-20)30-24(17-7-4-3-5-8-17)28-29-25(30)35-16-22(31)27-26-15-18-9-6-10-21(34-2)23(18)32/h3-15,32H,16H2,1-2H3,(H,27,31)/b26-15+. The zero-order valence-corrected chi connectivity index (χ0v) is 19.9. The summed E-state index contributed by atoms with van der Waals surface area (Å²) in [7, 11) is 3.07. The van der Waals surface area contributed by atoms with E-state index in [1.54, 1.807) is 25.3 Å². The van der Waals surface area contributed by atoms with Gasteiger partial charge in [0.05, 0.1) is 26.2 Å². The molecule has 9 nitrogen and oxygen atoms in total. The van der Waals surface area contributed by atoms with E-state index in [0.717, 1.165) is 17.0 Å². The monoisotopic (exact) mass is 489 g/mol. The second kappa shape index (κ2) is 11.2. The molecule has 0 spiro atoms. The van der Waals surface area contributed by atoms with Crippen LogP contribution in [0.25, 0.3) is 17.1 Å². The van der Waals surface area contributed by atoms with E-state index in [1.807, 2.05) is 59.2 Å². The lowest BCUT2D eigenvalue weighted by Gasteiger charge is -2.11. The average molecular weight is 490 g/mol. The number of phenols is 1. The zero-order valence-electron chi connectivity index (χ0n) is 19.1. The number of carbonyl (C=O) groups is 1. The smallest absolute Gasteiger partial charge is 0.250 e. The Bertz CT molecular complexity index is 1320. The van der Waals surface area contributed by atoms with Gasteiger partial charge in [-0.25, -0.2) is 5.43 Å². The van der Waals surface area contributed by atoms with Crippen molar-refractivity contribution in [2.45, 2.75) is 5.16 Å². The van der Waals surface area contributed by atoms with Crippen LogP contribution in [-0.4, -0.2) is 52.0 Å². The van der Waals surface area contributed by atoms with Crippen LogP contribution in [0.2, 0.25) is 0 Å². The Labute approximate surface area is 206 Å². The van der Waals surface area contributed by atoms with E-state index in [0.29, 0.717) is 22.3 Å². The molecule has 0 atom stereocenters. The molecular weight excluding hydrogens is 466 g/mol. The highest BCUT2D eigenvalue weighted by Crippen LogP contribution is 2.29. The number of nitrogens with zero attached hydrogens (tertiary/aromatic N) is 4. The summed E-state index contributed by atoms with van der Waals surface area (Å²) in [6.45, 7) is 0. The second-order valence-electron chi connectivity index (χ2n) is 7.19. The van der Waals surface area contributed by atoms with Crippen LogP contribution in [0.4, 0.5) is 0 Å². The molecule has 0 aliphatic rings. The van der Waals surface area contributed by atoms with Crippen LogP contribution in [0.15, 0.2) is 83.1 Å². The first kappa shape index (κ1) is 23.8. The lowest BCUT2D eigenvalue weighted by Crippen LogP contribution is -2.20. The lowest BCUT2D eigenvalue weighted by atomic mass is 10.2. The molecule has 3 aromatic carbocycles. The fourth-order valence-electron chi connectivity index (χ4n) is 3.25. The van der Waals surface area contributed by atoms with Gasteiger partial charge in [-0.15, -0.1) is 10.2 Å². The molecule has 0 aliphatic heterocycles. The van der Waals surface area contributed by atoms with E-state index in [4.69, 9.17) is 9.47 Å². The Morgan fingerprint density at radius 3 is 2.51 bits per heavy atom. The number of rotatable bonds is 9.